The molecular formula is C18H15N3O2S. The third-order valence-corrected chi connectivity index (χ3v) is 5.18. The third-order valence-electron chi connectivity index (χ3n) is 4.15. The molecule has 120 valence electrons. The van der Waals surface area contributed by atoms with Crippen molar-refractivity contribution in [3.05, 3.63) is 40.5 Å². The minimum atomic E-state index is -0.349. The normalized spacial score (nSPS) is 13.8. The Kier molecular flexibility index (Phi) is 3.58. The summed E-state index contributed by atoms with van der Waals surface area (Å²) in [6, 6.07) is 8.25. The molecule has 1 N–H and O–H groups in total. The Hall–Kier alpha value is -2.65. The number of hydrogen-bond donors (Lipinski definition) is 1. The van der Waals surface area contributed by atoms with E-state index in [1.807, 2.05) is 18.2 Å². The van der Waals surface area contributed by atoms with Crippen molar-refractivity contribution in [1.29, 1.82) is 5.26 Å². The molecule has 24 heavy (non-hydrogen) atoms. The fourth-order valence-electron chi connectivity index (χ4n) is 2.85. The molecule has 0 atom stereocenters. The number of rotatable bonds is 4. The van der Waals surface area contributed by atoms with E-state index in [2.05, 4.69) is 16.0 Å². The van der Waals surface area contributed by atoms with Crippen LogP contribution in [0.4, 0.5) is 0 Å². The summed E-state index contributed by atoms with van der Waals surface area (Å²) in [5.74, 6) is 0.142. The number of thiazole rings is 1. The van der Waals surface area contributed by atoms with Gasteiger partial charge in [-0.25, -0.2) is 9.78 Å². The van der Waals surface area contributed by atoms with E-state index < -0.39 is 0 Å². The van der Waals surface area contributed by atoms with E-state index in [0.29, 0.717) is 17.4 Å². The first-order valence-electron chi connectivity index (χ1n) is 7.90. The highest BCUT2D eigenvalue weighted by Gasteiger charge is 2.29. The fraction of sp³-hybridized carbons (Fsp3) is 0.278. The summed E-state index contributed by atoms with van der Waals surface area (Å²) in [5.41, 5.74) is 3.66. The summed E-state index contributed by atoms with van der Waals surface area (Å²) in [6.07, 6.45) is 3.83. The lowest BCUT2D eigenvalue weighted by Crippen LogP contribution is -2.01. The fourth-order valence-corrected chi connectivity index (χ4v) is 3.65. The summed E-state index contributed by atoms with van der Waals surface area (Å²) < 4.78 is 5.00. The Morgan fingerprint density at radius 1 is 1.50 bits per heavy atom. The summed E-state index contributed by atoms with van der Waals surface area (Å²) in [4.78, 5) is 20.0. The highest BCUT2D eigenvalue weighted by atomic mass is 32.1. The molecule has 0 aliphatic heterocycles. The van der Waals surface area contributed by atoms with E-state index in [4.69, 9.17) is 4.74 Å². The highest BCUT2D eigenvalue weighted by molar-refractivity contribution is 7.16. The van der Waals surface area contributed by atoms with Crippen molar-refractivity contribution in [3.63, 3.8) is 0 Å². The summed E-state index contributed by atoms with van der Waals surface area (Å²) in [5, 5.41) is 11.2. The Morgan fingerprint density at radius 2 is 2.33 bits per heavy atom. The first-order chi connectivity index (χ1) is 11.7. The van der Waals surface area contributed by atoms with Gasteiger partial charge in [-0.3, -0.25) is 0 Å². The Bertz CT molecular complexity index is 976. The summed E-state index contributed by atoms with van der Waals surface area (Å²) in [7, 11) is 0. The van der Waals surface area contributed by atoms with Crippen LogP contribution in [0.15, 0.2) is 24.4 Å². The van der Waals surface area contributed by atoms with Crippen molar-refractivity contribution < 1.29 is 9.53 Å². The zero-order valence-corrected chi connectivity index (χ0v) is 13.9. The molecule has 0 amide bonds. The van der Waals surface area contributed by atoms with Crippen molar-refractivity contribution in [2.45, 2.75) is 25.7 Å². The number of aromatic amines is 1. The quantitative estimate of drug-likeness (QED) is 0.723. The first-order valence-corrected chi connectivity index (χ1v) is 8.72. The van der Waals surface area contributed by atoms with Gasteiger partial charge in [0.05, 0.1) is 18.4 Å². The molecule has 2 aromatic heterocycles. The van der Waals surface area contributed by atoms with Crippen LogP contribution in [0.1, 0.15) is 46.6 Å². The van der Waals surface area contributed by atoms with Crippen LogP contribution >= 0.6 is 11.3 Å². The van der Waals surface area contributed by atoms with Gasteiger partial charge in [-0.1, -0.05) is 0 Å². The van der Waals surface area contributed by atoms with Crippen LogP contribution in [0.3, 0.4) is 0 Å². The molecule has 1 aliphatic carbocycles. The van der Waals surface area contributed by atoms with Crippen LogP contribution in [-0.2, 0) is 4.74 Å². The molecular weight excluding hydrogens is 322 g/mol. The maximum absolute atomic E-state index is 11.8. The van der Waals surface area contributed by atoms with Gasteiger partial charge in [0, 0.05) is 28.1 Å². The van der Waals surface area contributed by atoms with E-state index in [9.17, 15) is 10.1 Å². The number of carbonyl (C=O) groups excluding carboxylic acids is 1. The number of nitrogens with one attached hydrogen (secondary N) is 1. The lowest BCUT2D eigenvalue weighted by molar-refractivity contribution is 0.0532. The topological polar surface area (TPSA) is 78.8 Å². The molecule has 6 heteroatoms. The average Bonchev–Trinajstić information content (AvgIpc) is 3.19. The molecule has 2 heterocycles. The molecule has 1 aliphatic rings. The number of H-pyrrole nitrogens is 1. The number of carbonyl (C=O) groups is 1. The molecule has 5 nitrogen and oxygen atoms in total. The van der Waals surface area contributed by atoms with E-state index in [1.165, 1.54) is 11.3 Å². The number of aromatic nitrogens is 2. The van der Waals surface area contributed by atoms with Crippen LogP contribution in [0, 0.1) is 11.3 Å². The molecule has 3 aromatic rings. The number of ether oxygens (including phenoxy) is 1. The number of nitriles is 1. The van der Waals surface area contributed by atoms with Gasteiger partial charge in [-0.15, -0.1) is 11.3 Å². The molecule has 1 fully saturated rings. The monoisotopic (exact) mass is 337 g/mol. The molecule has 1 saturated carbocycles. The lowest BCUT2D eigenvalue weighted by atomic mass is 10.1. The molecule has 1 aromatic carbocycles. The van der Waals surface area contributed by atoms with Crippen molar-refractivity contribution in [2.24, 2.45) is 0 Å². The van der Waals surface area contributed by atoms with E-state index in [-0.39, 0.29) is 5.97 Å². The maximum Gasteiger partial charge on any atom is 0.349 e. The average molecular weight is 337 g/mol. The minimum absolute atomic E-state index is 0.344. The number of benzene rings is 1. The highest BCUT2D eigenvalue weighted by Crippen LogP contribution is 2.43. The van der Waals surface area contributed by atoms with Crippen LogP contribution in [0.5, 0.6) is 0 Å². The Balaban J connectivity index is 1.75. The summed E-state index contributed by atoms with van der Waals surface area (Å²) >= 11 is 1.30. The summed E-state index contributed by atoms with van der Waals surface area (Å²) in [6.45, 7) is 2.12. The second kappa shape index (κ2) is 5.77. The molecule has 4 rings (SSSR count). The molecule has 0 radical (unpaired) electrons. The van der Waals surface area contributed by atoms with Gasteiger partial charge in [0.1, 0.15) is 16.0 Å². The minimum Gasteiger partial charge on any atom is -0.462 e. The van der Waals surface area contributed by atoms with Gasteiger partial charge >= 0.3 is 5.97 Å². The Morgan fingerprint density at radius 3 is 3.04 bits per heavy atom. The SMILES string of the molecule is CCOC(=O)c1cnc(-c2ccc3[nH]c(C4CC4)c(C#N)c3c2)s1. The number of nitrogens with zero attached hydrogens (tertiary/aromatic N) is 2. The van der Waals surface area contributed by atoms with Crippen molar-refractivity contribution >= 4 is 28.2 Å². The smallest absolute Gasteiger partial charge is 0.349 e. The predicted octanol–water partition coefficient (Wildman–Crippen LogP) is 4.22. The first kappa shape index (κ1) is 14.9. The van der Waals surface area contributed by atoms with Crippen molar-refractivity contribution in [3.8, 4) is 16.6 Å². The molecule has 0 spiro atoms. The second-order valence-corrected chi connectivity index (χ2v) is 6.84. The van der Waals surface area contributed by atoms with Gasteiger partial charge in [0.15, 0.2) is 0 Å². The van der Waals surface area contributed by atoms with Crippen LogP contribution in [0.25, 0.3) is 21.5 Å². The zero-order valence-electron chi connectivity index (χ0n) is 13.1. The van der Waals surface area contributed by atoms with Gasteiger partial charge in [-0.05, 0) is 38.0 Å². The van der Waals surface area contributed by atoms with Gasteiger partial charge in [-0.2, -0.15) is 5.26 Å². The lowest BCUT2D eigenvalue weighted by Gasteiger charge is -1.98. The Labute approximate surface area is 142 Å². The van der Waals surface area contributed by atoms with E-state index in [0.717, 1.165) is 45.6 Å². The second-order valence-electron chi connectivity index (χ2n) is 5.81. The number of esters is 1. The molecule has 0 bridgehead atoms. The van der Waals surface area contributed by atoms with Gasteiger partial charge in [0.2, 0.25) is 0 Å². The van der Waals surface area contributed by atoms with Gasteiger partial charge < -0.3 is 9.72 Å². The maximum atomic E-state index is 11.8. The third kappa shape index (κ3) is 2.47. The zero-order chi connectivity index (χ0) is 16.7. The van der Waals surface area contributed by atoms with Crippen LogP contribution in [-0.4, -0.2) is 22.5 Å². The number of hydrogen-bond acceptors (Lipinski definition) is 5. The van der Waals surface area contributed by atoms with Crippen LogP contribution < -0.4 is 0 Å². The van der Waals surface area contributed by atoms with E-state index >= 15 is 0 Å². The predicted molar refractivity (Wildman–Crippen MR) is 92.1 cm³/mol. The van der Waals surface area contributed by atoms with Crippen molar-refractivity contribution in [2.75, 3.05) is 6.61 Å². The standard InChI is InChI=1S/C18H15N3O2S/c1-2-23-18(22)15-9-20-17(24-15)11-5-6-14-12(7-11)13(8-19)16(21-14)10-3-4-10/h5-7,9-10,21H,2-4H2,1H3. The van der Waals surface area contributed by atoms with E-state index in [1.54, 1.807) is 13.1 Å². The largest absolute Gasteiger partial charge is 0.462 e. The van der Waals surface area contributed by atoms with Gasteiger partial charge in [0.25, 0.3) is 0 Å². The molecule has 0 unspecified atom stereocenters. The number of fused-ring (bicyclic) bond motifs is 1. The molecule has 0 saturated heterocycles. The van der Waals surface area contributed by atoms with Crippen molar-refractivity contribution in [1.82, 2.24) is 9.97 Å². The van der Waals surface area contributed by atoms with Crippen LogP contribution in [0.2, 0.25) is 0 Å².